The van der Waals surface area contributed by atoms with Crippen LogP contribution in [-0.2, 0) is 6.54 Å². The van der Waals surface area contributed by atoms with Gasteiger partial charge in [-0.1, -0.05) is 0 Å². The summed E-state index contributed by atoms with van der Waals surface area (Å²) < 4.78 is 0. The molecule has 1 N–H and O–H groups in total. The van der Waals surface area contributed by atoms with Crippen molar-refractivity contribution in [1.29, 1.82) is 0 Å². The van der Waals surface area contributed by atoms with Crippen molar-refractivity contribution in [3.63, 3.8) is 0 Å². The number of rotatable bonds is 3. The van der Waals surface area contributed by atoms with E-state index >= 15 is 0 Å². The van der Waals surface area contributed by atoms with E-state index in [0.29, 0.717) is 18.2 Å². The first-order valence-electron chi connectivity index (χ1n) is 6.30. The first-order valence-corrected chi connectivity index (χ1v) is 6.30. The second-order valence-corrected chi connectivity index (χ2v) is 5.56. The topological polar surface area (TPSA) is 63.6 Å². The Balaban J connectivity index is 2.17. The molecule has 0 saturated heterocycles. The van der Waals surface area contributed by atoms with Crippen LogP contribution in [0.1, 0.15) is 32.0 Å². The van der Waals surface area contributed by atoms with Gasteiger partial charge in [0.2, 0.25) is 0 Å². The Kier molecular flexibility index (Phi) is 3.85. The smallest absolute Gasteiger partial charge is 0.197 e. The van der Waals surface area contributed by atoms with Crippen LogP contribution >= 0.6 is 0 Å². The molecule has 0 saturated carbocycles. The van der Waals surface area contributed by atoms with Gasteiger partial charge in [-0.2, -0.15) is 0 Å². The largest absolute Gasteiger partial charge is 0.306 e. The molecule has 2 heterocycles. The van der Waals surface area contributed by atoms with E-state index in [9.17, 15) is 0 Å². The molecule has 0 atom stereocenters. The highest BCUT2D eigenvalue weighted by atomic mass is 15.0. The molecule has 2 aromatic rings. The Hall–Kier alpha value is -1.88. The Morgan fingerprint density at radius 2 is 1.74 bits per heavy atom. The van der Waals surface area contributed by atoms with Crippen LogP contribution in [0.25, 0.3) is 11.6 Å². The second-order valence-electron chi connectivity index (χ2n) is 5.56. The highest BCUT2D eigenvalue weighted by Crippen LogP contribution is 2.09. The molecule has 5 heteroatoms. The first kappa shape index (κ1) is 13.5. The van der Waals surface area contributed by atoms with Crippen LogP contribution in [0, 0.1) is 6.92 Å². The van der Waals surface area contributed by atoms with E-state index in [-0.39, 0.29) is 5.54 Å². The summed E-state index contributed by atoms with van der Waals surface area (Å²) >= 11 is 0. The molecule has 0 radical (unpaired) electrons. The van der Waals surface area contributed by atoms with Crippen molar-refractivity contribution in [2.45, 2.75) is 39.8 Å². The molecule has 0 fully saturated rings. The molecule has 0 bridgehead atoms. The minimum atomic E-state index is 0.0610. The SMILES string of the molecule is Cc1cnc(-c2nccc(CNC(C)(C)C)n2)nc1. The maximum absolute atomic E-state index is 4.48. The van der Waals surface area contributed by atoms with Crippen LogP contribution in [0.2, 0.25) is 0 Å². The van der Waals surface area contributed by atoms with Crippen molar-refractivity contribution in [1.82, 2.24) is 25.3 Å². The van der Waals surface area contributed by atoms with E-state index in [4.69, 9.17) is 0 Å². The summed E-state index contributed by atoms with van der Waals surface area (Å²) in [5.74, 6) is 1.12. The molecule has 0 unspecified atom stereocenters. The lowest BCUT2D eigenvalue weighted by molar-refractivity contribution is 0.421. The fourth-order valence-electron chi connectivity index (χ4n) is 1.47. The van der Waals surface area contributed by atoms with Gasteiger partial charge in [0, 0.05) is 30.7 Å². The van der Waals surface area contributed by atoms with Gasteiger partial charge >= 0.3 is 0 Å². The van der Waals surface area contributed by atoms with E-state index in [1.807, 2.05) is 13.0 Å². The molecule has 19 heavy (non-hydrogen) atoms. The van der Waals surface area contributed by atoms with E-state index in [2.05, 4.69) is 46.0 Å². The number of aryl methyl sites for hydroxylation is 1. The Morgan fingerprint density at radius 3 is 2.37 bits per heavy atom. The summed E-state index contributed by atoms with van der Waals surface area (Å²) in [7, 11) is 0. The van der Waals surface area contributed by atoms with Gasteiger partial charge in [-0.15, -0.1) is 0 Å². The van der Waals surface area contributed by atoms with Crippen LogP contribution in [0.5, 0.6) is 0 Å². The highest BCUT2D eigenvalue weighted by molar-refractivity contribution is 5.42. The zero-order valence-corrected chi connectivity index (χ0v) is 11.8. The van der Waals surface area contributed by atoms with Gasteiger partial charge in [0.05, 0.1) is 5.69 Å². The van der Waals surface area contributed by atoms with Crippen molar-refractivity contribution in [2.24, 2.45) is 0 Å². The van der Waals surface area contributed by atoms with Gasteiger partial charge in [-0.05, 0) is 39.3 Å². The lowest BCUT2D eigenvalue weighted by Gasteiger charge is -2.20. The van der Waals surface area contributed by atoms with Crippen molar-refractivity contribution in [2.75, 3.05) is 0 Å². The molecule has 2 aromatic heterocycles. The predicted molar refractivity (Wildman–Crippen MR) is 74.4 cm³/mol. The van der Waals surface area contributed by atoms with Gasteiger partial charge in [0.25, 0.3) is 0 Å². The molecule has 0 aromatic carbocycles. The number of aromatic nitrogens is 4. The fourth-order valence-corrected chi connectivity index (χ4v) is 1.47. The number of nitrogens with one attached hydrogen (secondary N) is 1. The van der Waals surface area contributed by atoms with Gasteiger partial charge in [-0.25, -0.2) is 19.9 Å². The average Bonchev–Trinajstić information content (AvgIpc) is 2.37. The van der Waals surface area contributed by atoms with Crippen LogP contribution < -0.4 is 5.32 Å². The predicted octanol–water partition coefficient (Wildman–Crippen LogP) is 2.13. The van der Waals surface area contributed by atoms with Crippen LogP contribution in [-0.4, -0.2) is 25.5 Å². The normalized spacial score (nSPS) is 11.6. The molecule has 0 aliphatic rings. The molecular weight excluding hydrogens is 238 g/mol. The maximum atomic E-state index is 4.48. The van der Waals surface area contributed by atoms with E-state index in [0.717, 1.165) is 11.3 Å². The molecule has 0 aliphatic carbocycles. The maximum Gasteiger partial charge on any atom is 0.197 e. The lowest BCUT2D eigenvalue weighted by atomic mass is 10.1. The summed E-state index contributed by atoms with van der Waals surface area (Å²) in [6.07, 6.45) is 5.28. The van der Waals surface area contributed by atoms with Crippen molar-refractivity contribution in [3.8, 4) is 11.6 Å². The molecular formula is C14H19N5. The molecule has 0 amide bonds. The molecule has 0 spiro atoms. The molecule has 0 aliphatic heterocycles. The Labute approximate surface area is 113 Å². The number of hydrogen-bond acceptors (Lipinski definition) is 5. The monoisotopic (exact) mass is 257 g/mol. The zero-order chi connectivity index (χ0) is 13.9. The summed E-state index contributed by atoms with van der Waals surface area (Å²) in [5.41, 5.74) is 2.02. The van der Waals surface area contributed by atoms with Crippen molar-refractivity contribution < 1.29 is 0 Å². The minimum absolute atomic E-state index is 0.0610. The highest BCUT2D eigenvalue weighted by Gasteiger charge is 2.10. The standard InChI is InChI=1S/C14H19N5/c1-10-7-16-12(17-8-10)13-15-6-5-11(19-13)9-18-14(2,3)4/h5-8,18H,9H2,1-4H3. The Bertz CT molecular complexity index is 543. The third kappa shape index (κ3) is 4.06. The summed E-state index contributed by atoms with van der Waals surface area (Å²) in [5, 5.41) is 3.39. The van der Waals surface area contributed by atoms with E-state index < -0.39 is 0 Å². The lowest BCUT2D eigenvalue weighted by Crippen LogP contribution is -2.35. The van der Waals surface area contributed by atoms with E-state index in [1.165, 1.54) is 0 Å². The minimum Gasteiger partial charge on any atom is -0.306 e. The number of nitrogens with zero attached hydrogens (tertiary/aromatic N) is 4. The van der Waals surface area contributed by atoms with Gasteiger partial charge in [-0.3, -0.25) is 0 Å². The van der Waals surface area contributed by atoms with Gasteiger partial charge < -0.3 is 5.32 Å². The van der Waals surface area contributed by atoms with Crippen LogP contribution in [0.3, 0.4) is 0 Å². The van der Waals surface area contributed by atoms with Crippen molar-refractivity contribution in [3.05, 3.63) is 35.9 Å². The molecule has 2 rings (SSSR count). The van der Waals surface area contributed by atoms with Crippen LogP contribution in [0.15, 0.2) is 24.7 Å². The Morgan fingerprint density at radius 1 is 1.05 bits per heavy atom. The number of hydrogen-bond donors (Lipinski definition) is 1. The first-order chi connectivity index (χ1) is 8.94. The van der Waals surface area contributed by atoms with Gasteiger partial charge in [0.15, 0.2) is 11.6 Å². The summed E-state index contributed by atoms with van der Waals surface area (Å²) in [6.45, 7) is 9.02. The summed E-state index contributed by atoms with van der Waals surface area (Å²) in [4.78, 5) is 17.2. The average molecular weight is 257 g/mol. The third-order valence-electron chi connectivity index (χ3n) is 2.49. The zero-order valence-electron chi connectivity index (χ0n) is 11.8. The molecule has 100 valence electrons. The van der Waals surface area contributed by atoms with E-state index in [1.54, 1.807) is 18.6 Å². The fraction of sp³-hybridized carbons (Fsp3) is 0.429. The van der Waals surface area contributed by atoms with Gasteiger partial charge in [0.1, 0.15) is 0 Å². The molecule has 5 nitrogen and oxygen atoms in total. The second kappa shape index (κ2) is 5.40. The quantitative estimate of drug-likeness (QED) is 0.912. The van der Waals surface area contributed by atoms with Crippen LogP contribution in [0.4, 0.5) is 0 Å². The van der Waals surface area contributed by atoms with Crippen molar-refractivity contribution >= 4 is 0 Å². The summed E-state index contributed by atoms with van der Waals surface area (Å²) in [6, 6.07) is 1.90. The third-order valence-corrected chi connectivity index (χ3v) is 2.49.